The second kappa shape index (κ2) is 6.68. The molecule has 2 aromatic carbocycles. The second-order valence-electron chi connectivity index (χ2n) is 5.02. The summed E-state index contributed by atoms with van der Waals surface area (Å²) in [4.78, 5) is 0. The molecular weight excluding hydrogens is 272 g/mol. The third-order valence-corrected chi connectivity index (χ3v) is 3.53. The Labute approximate surface area is 123 Å². The highest BCUT2D eigenvalue weighted by atomic mass is 19.1. The molecule has 0 saturated heterocycles. The van der Waals surface area contributed by atoms with Crippen LogP contribution in [0.2, 0.25) is 0 Å². The quantitative estimate of drug-likeness (QED) is 0.882. The number of methoxy groups -OCH3 is 1. The summed E-state index contributed by atoms with van der Waals surface area (Å²) in [5, 5.41) is 3.21. The van der Waals surface area contributed by atoms with E-state index in [1.807, 2.05) is 31.2 Å². The van der Waals surface area contributed by atoms with E-state index in [1.54, 1.807) is 14.0 Å². The molecule has 0 fully saturated rings. The molecule has 1 N–H and O–H groups in total. The summed E-state index contributed by atoms with van der Waals surface area (Å²) in [6.45, 7) is 3.70. The molecule has 0 aromatic heterocycles. The maximum absolute atomic E-state index is 13.8. The average Bonchev–Trinajstić information content (AvgIpc) is 2.47. The second-order valence-corrected chi connectivity index (χ2v) is 5.02. The van der Waals surface area contributed by atoms with Crippen molar-refractivity contribution in [2.75, 3.05) is 7.11 Å². The first-order chi connectivity index (χ1) is 10.0. The fraction of sp³-hybridized carbons (Fsp3) is 0.294. The third-order valence-electron chi connectivity index (χ3n) is 3.53. The standard InChI is InChI=1S/C17H19F2NO/c1-11(13-6-4-7-14(10-13)21-3)20-12(2)17-15(18)8-5-9-16(17)19/h4-12,20H,1-3H3. The lowest BCUT2D eigenvalue weighted by Gasteiger charge is -2.22. The first kappa shape index (κ1) is 15.4. The molecule has 21 heavy (non-hydrogen) atoms. The summed E-state index contributed by atoms with van der Waals surface area (Å²) in [6, 6.07) is 11.0. The normalized spacial score (nSPS) is 13.8. The van der Waals surface area contributed by atoms with Crippen LogP contribution in [-0.2, 0) is 0 Å². The lowest BCUT2D eigenvalue weighted by molar-refractivity contribution is 0.411. The van der Waals surface area contributed by atoms with Crippen LogP contribution in [0.4, 0.5) is 8.78 Å². The van der Waals surface area contributed by atoms with Gasteiger partial charge in [0.05, 0.1) is 7.11 Å². The van der Waals surface area contributed by atoms with Crippen LogP contribution in [0.15, 0.2) is 42.5 Å². The Kier molecular flexibility index (Phi) is 4.91. The molecule has 2 rings (SSSR count). The predicted molar refractivity (Wildman–Crippen MR) is 79.3 cm³/mol. The van der Waals surface area contributed by atoms with Gasteiger partial charge in [-0.25, -0.2) is 8.78 Å². The van der Waals surface area contributed by atoms with Gasteiger partial charge in [0, 0.05) is 17.6 Å². The highest BCUT2D eigenvalue weighted by molar-refractivity contribution is 5.31. The van der Waals surface area contributed by atoms with Crippen LogP contribution in [0.1, 0.15) is 37.1 Å². The molecule has 0 saturated carbocycles. The summed E-state index contributed by atoms with van der Waals surface area (Å²) in [7, 11) is 1.61. The molecule has 0 spiro atoms. The number of ether oxygens (including phenoxy) is 1. The van der Waals surface area contributed by atoms with E-state index >= 15 is 0 Å². The molecule has 2 unspecified atom stereocenters. The molecule has 2 nitrogen and oxygen atoms in total. The molecule has 2 aromatic rings. The summed E-state index contributed by atoms with van der Waals surface area (Å²) in [5.74, 6) is -0.313. The molecule has 112 valence electrons. The van der Waals surface area contributed by atoms with Gasteiger partial charge in [0.25, 0.3) is 0 Å². The van der Waals surface area contributed by atoms with Crippen molar-refractivity contribution >= 4 is 0 Å². The van der Waals surface area contributed by atoms with Crippen molar-refractivity contribution in [2.45, 2.75) is 25.9 Å². The van der Waals surface area contributed by atoms with E-state index in [9.17, 15) is 8.78 Å². The topological polar surface area (TPSA) is 21.3 Å². The molecule has 4 heteroatoms. The molecule has 0 heterocycles. The molecule has 0 bridgehead atoms. The summed E-state index contributed by atoms with van der Waals surface area (Å²) >= 11 is 0. The van der Waals surface area contributed by atoms with Crippen molar-refractivity contribution in [1.82, 2.24) is 5.32 Å². The highest BCUT2D eigenvalue weighted by Crippen LogP contribution is 2.25. The molecule has 2 atom stereocenters. The van der Waals surface area contributed by atoms with Gasteiger partial charge in [0.1, 0.15) is 17.4 Å². The lowest BCUT2D eigenvalue weighted by Crippen LogP contribution is -2.24. The van der Waals surface area contributed by atoms with Crippen molar-refractivity contribution in [3.63, 3.8) is 0 Å². The SMILES string of the molecule is COc1cccc(C(C)NC(C)c2c(F)cccc2F)c1. The van der Waals surface area contributed by atoms with Crippen LogP contribution in [0, 0.1) is 11.6 Å². The smallest absolute Gasteiger partial charge is 0.130 e. The van der Waals surface area contributed by atoms with Crippen LogP contribution < -0.4 is 10.1 Å². The minimum absolute atomic E-state index is 0.0610. The van der Waals surface area contributed by atoms with E-state index in [0.717, 1.165) is 11.3 Å². The first-order valence-electron chi connectivity index (χ1n) is 6.87. The number of benzene rings is 2. The van der Waals surface area contributed by atoms with Gasteiger partial charge in [-0.15, -0.1) is 0 Å². The largest absolute Gasteiger partial charge is 0.497 e. The van der Waals surface area contributed by atoms with Gasteiger partial charge < -0.3 is 10.1 Å². The van der Waals surface area contributed by atoms with E-state index < -0.39 is 17.7 Å². The van der Waals surface area contributed by atoms with Gasteiger partial charge in [-0.3, -0.25) is 0 Å². The Hall–Kier alpha value is -1.94. The molecule has 0 aliphatic carbocycles. The number of halogens is 2. The monoisotopic (exact) mass is 291 g/mol. The van der Waals surface area contributed by atoms with E-state index in [4.69, 9.17) is 4.74 Å². The van der Waals surface area contributed by atoms with Crippen molar-refractivity contribution in [3.05, 3.63) is 65.2 Å². The lowest BCUT2D eigenvalue weighted by atomic mass is 10.0. The van der Waals surface area contributed by atoms with E-state index in [2.05, 4.69) is 5.32 Å². The van der Waals surface area contributed by atoms with Crippen LogP contribution in [-0.4, -0.2) is 7.11 Å². The van der Waals surface area contributed by atoms with Crippen molar-refractivity contribution in [2.24, 2.45) is 0 Å². The van der Waals surface area contributed by atoms with E-state index in [-0.39, 0.29) is 11.6 Å². The van der Waals surface area contributed by atoms with Gasteiger partial charge in [-0.2, -0.15) is 0 Å². The van der Waals surface area contributed by atoms with Gasteiger partial charge in [0.15, 0.2) is 0 Å². The predicted octanol–water partition coefficient (Wildman–Crippen LogP) is 4.39. The maximum atomic E-state index is 13.8. The molecule has 0 amide bonds. The van der Waals surface area contributed by atoms with Crippen LogP contribution in [0.5, 0.6) is 5.75 Å². The Morgan fingerprint density at radius 3 is 2.19 bits per heavy atom. The number of nitrogens with one attached hydrogen (secondary N) is 1. The zero-order chi connectivity index (χ0) is 15.4. The van der Waals surface area contributed by atoms with Crippen LogP contribution in [0.3, 0.4) is 0 Å². The van der Waals surface area contributed by atoms with Gasteiger partial charge in [-0.1, -0.05) is 18.2 Å². The van der Waals surface area contributed by atoms with E-state index in [0.29, 0.717) is 0 Å². The van der Waals surface area contributed by atoms with Crippen molar-refractivity contribution in [3.8, 4) is 5.75 Å². The summed E-state index contributed by atoms with van der Waals surface area (Å²) in [6.07, 6.45) is 0. The molecule has 0 aliphatic heterocycles. The summed E-state index contributed by atoms with van der Waals surface area (Å²) in [5.41, 5.74) is 1.06. The van der Waals surface area contributed by atoms with Crippen molar-refractivity contribution in [1.29, 1.82) is 0 Å². The van der Waals surface area contributed by atoms with Crippen molar-refractivity contribution < 1.29 is 13.5 Å². The highest BCUT2D eigenvalue weighted by Gasteiger charge is 2.18. The minimum atomic E-state index is -0.534. The van der Waals surface area contributed by atoms with Gasteiger partial charge in [0.2, 0.25) is 0 Å². The number of hydrogen-bond acceptors (Lipinski definition) is 2. The molecule has 0 radical (unpaired) electrons. The van der Waals surface area contributed by atoms with Gasteiger partial charge in [-0.05, 0) is 43.7 Å². The fourth-order valence-corrected chi connectivity index (χ4v) is 2.39. The first-order valence-corrected chi connectivity index (χ1v) is 6.87. The van der Waals surface area contributed by atoms with Crippen LogP contribution >= 0.6 is 0 Å². The Balaban J connectivity index is 2.16. The Bertz CT molecular complexity index is 595. The number of rotatable bonds is 5. The average molecular weight is 291 g/mol. The van der Waals surface area contributed by atoms with Crippen LogP contribution in [0.25, 0.3) is 0 Å². The fourth-order valence-electron chi connectivity index (χ4n) is 2.39. The minimum Gasteiger partial charge on any atom is -0.497 e. The Morgan fingerprint density at radius 1 is 0.952 bits per heavy atom. The zero-order valence-electron chi connectivity index (χ0n) is 12.4. The van der Waals surface area contributed by atoms with Gasteiger partial charge >= 0.3 is 0 Å². The molecule has 0 aliphatic rings. The zero-order valence-corrected chi connectivity index (χ0v) is 12.4. The third kappa shape index (κ3) is 3.58. The Morgan fingerprint density at radius 2 is 1.57 bits per heavy atom. The molecular formula is C17H19F2NO. The number of hydrogen-bond donors (Lipinski definition) is 1. The summed E-state index contributed by atoms with van der Waals surface area (Å²) < 4.78 is 32.7. The maximum Gasteiger partial charge on any atom is 0.130 e. The van der Waals surface area contributed by atoms with E-state index in [1.165, 1.54) is 18.2 Å².